The molecule has 5 heteroatoms. The van der Waals surface area contributed by atoms with Crippen LogP contribution in [-0.2, 0) is 4.79 Å². The topological polar surface area (TPSA) is 62.3 Å². The second-order valence-corrected chi connectivity index (χ2v) is 7.44. The molecule has 0 unspecified atom stereocenters. The van der Waals surface area contributed by atoms with Gasteiger partial charge < -0.3 is 10.2 Å². The van der Waals surface area contributed by atoms with Gasteiger partial charge in [0.2, 0.25) is 5.91 Å². The number of para-hydroxylation sites is 1. The van der Waals surface area contributed by atoms with Crippen molar-refractivity contribution in [3.63, 3.8) is 0 Å². The molecule has 2 aromatic rings. The van der Waals surface area contributed by atoms with Gasteiger partial charge in [-0.25, -0.2) is 0 Å². The zero-order chi connectivity index (χ0) is 17.4. The lowest BCUT2D eigenvalue weighted by Crippen LogP contribution is -2.49. The molecule has 1 N–H and O–H groups in total. The average molecular weight is 337 g/mol. The molecule has 2 amide bonds. The number of hydrogen-bond acceptors (Lipinski definition) is 3. The number of piperidine rings is 1. The summed E-state index contributed by atoms with van der Waals surface area (Å²) in [5.74, 6) is -0.243. The molecule has 130 valence electrons. The molecule has 2 fully saturated rings. The van der Waals surface area contributed by atoms with Gasteiger partial charge in [-0.05, 0) is 50.2 Å². The van der Waals surface area contributed by atoms with Crippen LogP contribution in [-0.4, -0.2) is 40.8 Å². The predicted octanol–water partition coefficient (Wildman–Crippen LogP) is 2.76. The molecule has 0 bridgehead atoms. The van der Waals surface area contributed by atoms with Crippen molar-refractivity contribution in [1.29, 1.82) is 0 Å². The van der Waals surface area contributed by atoms with E-state index in [2.05, 4.69) is 10.3 Å². The number of amides is 2. The summed E-state index contributed by atoms with van der Waals surface area (Å²) in [7, 11) is 0. The summed E-state index contributed by atoms with van der Waals surface area (Å²) < 4.78 is 0. The first-order chi connectivity index (χ1) is 12.1. The number of aromatic nitrogens is 1. The van der Waals surface area contributed by atoms with Crippen LogP contribution >= 0.6 is 0 Å². The van der Waals surface area contributed by atoms with E-state index in [0.717, 1.165) is 36.8 Å². The van der Waals surface area contributed by atoms with Crippen LogP contribution in [0.25, 0.3) is 10.9 Å². The highest BCUT2D eigenvalue weighted by atomic mass is 16.2. The Morgan fingerprint density at radius 1 is 1.16 bits per heavy atom. The van der Waals surface area contributed by atoms with E-state index in [0.29, 0.717) is 11.0 Å². The van der Waals surface area contributed by atoms with E-state index < -0.39 is 6.04 Å². The van der Waals surface area contributed by atoms with Gasteiger partial charge in [0.15, 0.2) is 0 Å². The Kier molecular flexibility index (Phi) is 3.94. The molecule has 1 aliphatic heterocycles. The zero-order valence-electron chi connectivity index (χ0n) is 14.5. The third kappa shape index (κ3) is 3.23. The van der Waals surface area contributed by atoms with Gasteiger partial charge in [-0.3, -0.25) is 14.6 Å². The van der Waals surface area contributed by atoms with Crippen molar-refractivity contribution in [3.8, 4) is 0 Å². The van der Waals surface area contributed by atoms with E-state index >= 15 is 0 Å². The van der Waals surface area contributed by atoms with Crippen molar-refractivity contribution in [3.05, 3.63) is 42.1 Å². The van der Waals surface area contributed by atoms with Gasteiger partial charge in [0, 0.05) is 24.7 Å². The van der Waals surface area contributed by atoms with Crippen molar-refractivity contribution in [2.24, 2.45) is 5.41 Å². The fraction of sp³-hybridized carbons (Fsp3) is 0.450. The SMILES string of the molecule is C[C@@H](NC(=O)c1cnc2ccccc2c1)C(=O)N1CCC2(CC1)CC2. The summed E-state index contributed by atoms with van der Waals surface area (Å²) in [5, 5.41) is 3.74. The Morgan fingerprint density at radius 2 is 1.88 bits per heavy atom. The van der Waals surface area contributed by atoms with Crippen LogP contribution in [0.15, 0.2) is 36.5 Å². The Balaban J connectivity index is 1.39. The largest absolute Gasteiger partial charge is 0.341 e. The van der Waals surface area contributed by atoms with Gasteiger partial charge in [-0.1, -0.05) is 18.2 Å². The van der Waals surface area contributed by atoms with Gasteiger partial charge in [-0.15, -0.1) is 0 Å². The fourth-order valence-corrected chi connectivity index (χ4v) is 3.69. The minimum Gasteiger partial charge on any atom is -0.341 e. The number of carbonyl (C=O) groups is 2. The third-order valence-corrected chi connectivity index (χ3v) is 5.66. The average Bonchev–Trinajstić information content (AvgIpc) is 3.40. The molecule has 1 atom stereocenters. The number of likely N-dealkylation sites (tertiary alicyclic amines) is 1. The minimum atomic E-state index is -0.521. The lowest BCUT2D eigenvalue weighted by atomic mass is 9.93. The first-order valence-electron chi connectivity index (χ1n) is 9.01. The van der Waals surface area contributed by atoms with Crippen LogP contribution in [0.1, 0.15) is 43.0 Å². The number of benzene rings is 1. The quantitative estimate of drug-likeness (QED) is 0.937. The zero-order valence-corrected chi connectivity index (χ0v) is 14.5. The van der Waals surface area contributed by atoms with Crippen LogP contribution < -0.4 is 5.32 Å². The van der Waals surface area contributed by atoms with Crippen LogP contribution in [0, 0.1) is 5.41 Å². The minimum absolute atomic E-state index is 0.0117. The van der Waals surface area contributed by atoms with Gasteiger partial charge in [-0.2, -0.15) is 0 Å². The van der Waals surface area contributed by atoms with E-state index in [1.54, 1.807) is 13.1 Å². The van der Waals surface area contributed by atoms with Crippen LogP contribution in [0.5, 0.6) is 0 Å². The van der Waals surface area contributed by atoms with Crippen molar-refractivity contribution >= 4 is 22.7 Å². The summed E-state index contributed by atoms with van der Waals surface area (Å²) in [4.78, 5) is 31.3. The molecule has 2 aliphatic rings. The van der Waals surface area contributed by atoms with Gasteiger partial charge >= 0.3 is 0 Å². The Morgan fingerprint density at radius 3 is 2.60 bits per heavy atom. The summed E-state index contributed by atoms with van der Waals surface area (Å²) in [6.07, 6.45) is 6.40. The lowest BCUT2D eigenvalue weighted by molar-refractivity contribution is -0.134. The normalized spacial score (nSPS) is 19.6. The van der Waals surface area contributed by atoms with Gasteiger partial charge in [0.05, 0.1) is 11.1 Å². The molecule has 1 aliphatic carbocycles. The Labute approximate surface area is 147 Å². The first kappa shape index (κ1) is 16.1. The monoisotopic (exact) mass is 337 g/mol. The van der Waals surface area contributed by atoms with E-state index in [1.807, 2.05) is 35.2 Å². The van der Waals surface area contributed by atoms with E-state index in [-0.39, 0.29) is 11.8 Å². The summed E-state index contributed by atoms with van der Waals surface area (Å²) >= 11 is 0. The molecule has 1 saturated carbocycles. The highest BCUT2D eigenvalue weighted by molar-refractivity contribution is 5.99. The first-order valence-corrected chi connectivity index (χ1v) is 9.01. The van der Waals surface area contributed by atoms with Crippen LogP contribution in [0.2, 0.25) is 0 Å². The molecule has 1 spiro atoms. The van der Waals surface area contributed by atoms with Crippen molar-refractivity contribution in [2.75, 3.05) is 13.1 Å². The lowest BCUT2D eigenvalue weighted by Gasteiger charge is -2.33. The van der Waals surface area contributed by atoms with Crippen LogP contribution in [0.4, 0.5) is 0 Å². The summed E-state index contributed by atoms with van der Waals surface area (Å²) in [5.41, 5.74) is 1.87. The maximum atomic E-state index is 12.6. The Hall–Kier alpha value is -2.43. The van der Waals surface area contributed by atoms with Gasteiger partial charge in [0.1, 0.15) is 6.04 Å². The highest BCUT2D eigenvalue weighted by Crippen LogP contribution is 2.53. The van der Waals surface area contributed by atoms with E-state index in [1.165, 1.54) is 12.8 Å². The molecule has 2 heterocycles. The number of nitrogens with one attached hydrogen (secondary N) is 1. The number of fused-ring (bicyclic) bond motifs is 1. The number of carbonyl (C=O) groups excluding carboxylic acids is 2. The number of pyridine rings is 1. The molecular formula is C20H23N3O2. The predicted molar refractivity (Wildman–Crippen MR) is 96.2 cm³/mol. The van der Waals surface area contributed by atoms with Crippen LogP contribution in [0.3, 0.4) is 0 Å². The molecule has 1 aromatic heterocycles. The van der Waals surface area contributed by atoms with Gasteiger partial charge in [0.25, 0.3) is 5.91 Å². The maximum absolute atomic E-state index is 12.6. The van der Waals surface area contributed by atoms with Crippen molar-refractivity contribution in [1.82, 2.24) is 15.2 Å². The second-order valence-electron chi connectivity index (χ2n) is 7.44. The highest BCUT2D eigenvalue weighted by Gasteiger charge is 2.45. The third-order valence-electron chi connectivity index (χ3n) is 5.66. The fourth-order valence-electron chi connectivity index (χ4n) is 3.69. The number of rotatable bonds is 3. The maximum Gasteiger partial charge on any atom is 0.253 e. The van der Waals surface area contributed by atoms with Crippen molar-refractivity contribution < 1.29 is 9.59 Å². The molecule has 5 nitrogen and oxygen atoms in total. The Bertz CT molecular complexity index is 819. The standard InChI is InChI=1S/C20H23N3O2/c1-14(19(25)23-10-8-20(6-7-20)9-11-23)22-18(24)16-12-15-4-2-3-5-17(15)21-13-16/h2-5,12-14H,6-11H2,1H3,(H,22,24)/t14-/m1/s1. The number of hydrogen-bond donors (Lipinski definition) is 1. The molecule has 0 radical (unpaired) electrons. The summed E-state index contributed by atoms with van der Waals surface area (Å²) in [6, 6.07) is 8.96. The number of nitrogens with zero attached hydrogens (tertiary/aromatic N) is 2. The molecular weight excluding hydrogens is 314 g/mol. The smallest absolute Gasteiger partial charge is 0.253 e. The summed E-state index contributed by atoms with van der Waals surface area (Å²) in [6.45, 7) is 3.39. The molecule has 1 aromatic carbocycles. The molecule has 1 saturated heterocycles. The van der Waals surface area contributed by atoms with E-state index in [9.17, 15) is 9.59 Å². The molecule has 4 rings (SSSR count). The molecule has 25 heavy (non-hydrogen) atoms. The van der Waals surface area contributed by atoms with Crippen molar-refractivity contribution in [2.45, 2.75) is 38.6 Å². The second kappa shape index (κ2) is 6.14. The van der Waals surface area contributed by atoms with E-state index in [4.69, 9.17) is 0 Å².